The molecule has 1 aromatic carbocycles. The highest BCUT2D eigenvalue weighted by Crippen LogP contribution is 2.33. The van der Waals surface area contributed by atoms with Gasteiger partial charge in [-0.3, -0.25) is 19.7 Å². The minimum absolute atomic E-state index is 0. The third kappa shape index (κ3) is 4.53. The van der Waals surface area contributed by atoms with Crippen molar-refractivity contribution in [2.45, 2.75) is 44.2 Å². The van der Waals surface area contributed by atoms with Gasteiger partial charge in [0.2, 0.25) is 5.91 Å². The number of halogens is 1. The van der Waals surface area contributed by atoms with E-state index in [1.807, 2.05) is 4.90 Å². The van der Waals surface area contributed by atoms with Crippen molar-refractivity contribution >= 4 is 29.9 Å². The molecular weight excluding hydrogens is 396 g/mol. The maximum absolute atomic E-state index is 12.9. The number of nitro groups is 1. The molecule has 4 rings (SSSR count). The number of benzene rings is 1. The molecular formula is C20H27ClN4O4. The summed E-state index contributed by atoms with van der Waals surface area (Å²) in [4.78, 5) is 39.4. The van der Waals surface area contributed by atoms with Gasteiger partial charge in [-0.25, -0.2) is 0 Å². The van der Waals surface area contributed by atoms with Crippen LogP contribution in [0.25, 0.3) is 0 Å². The molecule has 1 saturated carbocycles. The van der Waals surface area contributed by atoms with Crippen molar-refractivity contribution in [3.8, 4) is 0 Å². The zero-order chi connectivity index (χ0) is 19.7. The molecule has 3 atom stereocenters. The van der Waals surface area contributed by atoms with Gasteiger partial charge in [-0.15, -0.1) is 12.4 Å². The SMILES string of the molecule is Cl.O=C(c1ccc([N+](=O)[O-])cc1)N1CCN(C(=O)C2CC3CCCCC3N2)CC1. The van der Waals surface area contributed by atoms with E-state index in [2.05, 4.69) is 5.32 Å². The van der Waals surface area contributed by atoms with Crippen LogP contribution in [-0.4, -0.2) is 64.8 Å². The number of nitrogens with one attached hydrogen (secondary N) is 1. The Hall–Kier alpha value is -2.19. The van der Waals surface area contributed by atoms with Gasteiger partial charge in [-0.1, -0.05) is 12.8 Å². The molecule has 29 heavy (non-hydrogen) atoms. The molecule has 8 nitrogen and oxygen atoms in total. The maximum Gasteiger partial charge on any atom is 0.269 e. The summed E-state index contributed by atoms with van der Waals surface area (Å²) in [5.41, 5.74) is 0.406. The number of piperazine rings is 1. The van der Waals surface area contributed by atoms with E-state index in [0.29, 0.717) is 43.7 Å². The van der Waals surface area contributed by atoms with Crippen LogP contribution in [0.2, 0.25) is 0 Å². The van der Waals surface area contributed by atoms with Crippen molar-refractivity contribution in [2.75, 3.05) is 26.2 Å². The fraction of sp³-hybridized carbons (Fsp3) is 0.600. The lowest BCUT2D eigenvalue weighted by Gasteiger charge is -2.36. The van der Waals surface area contributed by atoms with Crippen LogP contribution < -0.4 is 5.32 Å². The van der Waals surface area contributed by atoms with Gasteiger partial charge < -0.3 is 15.1 Å². The van der Waals surface area contributed by atoms with Crippen LogP contribution in [0.4, 0.5) is 5.69 Å². The molecule has 3 aliphatic rings. The first-order valence-electron chi connectivity index (χ1n) is 10.1. The quantitative estimate of drug-likeness (QED) is 0.595. The third-order valence-corrected chi connectivity index (χ3v) is 6.36. The van der Waals surface area contributed by atoms with Gasteiger partial charge >= 0.3 is 0 Å². The number of hydrogen-bond acceptors (Lipinski definition) is 5. The molecule has 0 bridgehead atoms. The van der Waals surface area contributed by atoms with Crippen molar-refractivity contribution in [3.63, 3.8) is 0 Å². The molecule has 1 N–H and O–H groups in total. The summed E-state index contributed by atoms with van der Waals surface area (Å²) in [7, 11) is 0. The molecule has 0 aromatic heterocycles. The maximum atomic E-state index is 12.9. The van der Waals surface area contributed by atoms with Crippen molar-refractivity contribution < 1.29 is 14.5 Å². The summed E-state index contributed by atoms with van der Waals surface area (Å²) in [5, 5.41) is 14.3. The van der Waals surface area contributed by atoms with Gasteiger partial charge in [0.1, 0.15) is 0 Å². The van der Waals surface area contributed by atoms with Gasteiger partial charge in [0.05, 0.1) is 11.0 Å². The van der Waals surface area contributed by atoms with Crippen molar-refractivity contribution in [2.24, 2.45) is 5.92 Å². The molecule has 3 unspecified atom stereocenters. The van der Waals surface area contributed by atoms with Gasteiger partial charge in [-0.05, 0) is 37.3 Å². The summed E-state index contributed by atoms with van der Waals surface area (Å²) in [6.07, 6.45) is 5.85. The molecule has 3 fully saturated rings. The monoisotopic (exact) mass is 422 g/mol. The Bertz CT molecular complexity index is 750. The lowest BCUT2D eigenvalue weighted by atomic mass is 9.85. The highest BCUT2D eigenvalue weighted by Gasteiger charge is 2.40. The fourth-order valence-electron chi connectivity index (χ4n) is 4.77. The number of hydrogen-bond donors (Lipinski definition) is 1. The van der Waals surface area contributed by atoms with Crippen LogP contribution in [0.15, 0.2) is 24.3 Å². The second-order valence-electron chi connectivity index (χ2n) is 8.03. The summed E-state index contributed by atoms with van der Waals surface area (Å²) < 4.78 is 0. The minimum Gasteiger partial charge on any atom is -0.338 e. The van der Waals surface area contributed by atoms with E-state index in [-0.39, 0.29) is 36.0 Å². The average molecular weight is 423 g/mol. The van der Waals surface area contributed by atoms with Crippen LogP contribution in [0.1, 0.15) is 42.5 Å². The Balaban J connectivity index is 0.00000240. The Morgan fingerprint density at radius 3 is 2.24 bits per heavy atom. The van der Waals surface area contributed by atoms with Crippen LogP contribution in [-0.2, 0) is 4.79 Å². The van der Waals surface area contributed by atoms with Crippen LogP contribution in [0.5, 0.6) is 0 Å². The van der Waals surface area contributed by atoms with E-state index in [4.69, 9.17) is 0 Å². The second kappa shape index (κ2) is 9.09. The lowest BCUT2D eigenvalue weighted by molar-refractivity contribution is -0.384. The van der Waals surface area contributed by atoms with E-state index in [1.165, 1.54) is 49.9 Å². The van der Waals surface area contributed by atoms with Crippen molar-refractivity contribution in [1.29, 1.82) is 0 Å². The number of carbonyl (C=O) groups excluding carboxylic acids is 2. The van der Waals surface area contributed by atoms with Crippen LogP contribution in [0.3, 0.4) is 0 Å². The highest BCUT2D eigenvalue weighted by molar-refractivity contribution is 5.94. The Kier molecular flexibility index (Phi) is 6.74. The molecule has 158 valence electrons. The number of carbonyl (C=O) groups is 2. The van der Waals surface area contributed by atoms with Gasteiger partial charge in [0.15, 0.2) is 0 Å². The molecule has 1 aromatic rings. The first kappa shape index (κ1) is 21.5. The number of amides is 2. The standard InChI is InChI=1S/C20H26N4O4.ClH/c25-19(14-5-7-16(8-6-14)24(27)28)22-9-11-23(12-10-22)20(26)18-13-15-3-1-2-4-17(15)21-18;/h5-8,15,17-18,21H,1-4,9-13H2;1H. The van der Waals surface area contributed by atoms with E-state index in [0.717, 1.165) is 6.42 Å². The summed E-state index contributed by atoms with van der Waals surface area (Å²) in [5.74, 6) is 0.650. The molecule has 0 radical (unpaired) electrons. The second-order valence-corrected chi connectivity index (χ2v) is 8.03. The molecule has 2 amide bonds. The molecule has 2 heterocycles. The van der Waals surface area contributed by atoms with Crippen LogP contribution in [0, 0.1) is 16.0 Å². The minimum atomic E-state index is -0.480. The lowest BCUT2D eigenvalue weighted by Crippen LogP contribution is -2.54. The first-order valence-corrected chi connectivity index (χ1v) is 10.1. The molecule has 0 spiro atoms. The van der Waals surface area contributed by atoms with Crippen LogP contribution >= 0.6 is 12.4 Å². The zero-order valence-electron chi connectivity index (χ0n) is 16.3. The van der Waals surface area contributed by atoms with Crippen molar-refractivity contribution in [1.82, 2.24) is 15.1 Å². The van der Waals surface area contributed by atoms with E-state index < -0.39 is 4.92 Å². The molecule has 9 heteroatoms. The zero-order valence-corrected chi connectivity index (χ0v) is 17.1. The highest BCUT2D eigenvalue weighted by atomic mass is 35.5. The van der Waals surface area contributed by atoms with E-state index in [9.17, 15) is 19.7 Å². The largest absolute Gasteiger partial charge is 0.338 e. The number of fused-ring (bicyclic) bond motifs is 1. The van der Waals surface area contributed by atoms with Gasteiger partial charge in [0.25, 0.3) is 11.6 Å². The van der Waals surface area contributed by atoms with E-state index in [1.54, 1.807) is 4.90 Å². The molecule has 2 saturated heterocycles. The Labute approximate surface area is 176 Å². The summed E-state index contributed by atoms with van der Waals surface area (Å²) >= 11 is 0. The predicted octanol–water partition coefficient (Wildman–Crippen LogP) is 2.22. The number of non-ortho nitro benzene ring substituents is 1. The van der Waals surface area contributed by atoms with Crippen molar-refractivity contribution in [3.05, 3.63) is 39.9 Å². The third-order valence-electron chi connectivity index (χ3n) is 6.36. The van der Waals surface area contributed by atoms with E-state index >= 15 is 0 Å². The molecule has 1 aliphatic carbocycles. The summed E-state index contributed by atoms with van der Waals surface area (Å²) in [6, 6.07) is 6.08. The number of rotatable bonds is 3. The molecule has 2 aliphatic heterocycles. The number of nitrogens with zero attached hydrogens (tertiary/aromatic N) is 3. The predicted molar refractivity (Wildman–Crippen MR) is 110 cm³/mol. The Morgan fingerprint density at radius 2 is 1.62 bits per heavy atom. The Morgan fingerprint density at radius 1 is 1.00 bits per heavy atom. The number of nitro benzene ring substituents is 1. The normalized spacial score (nSPS) is 26.4. The average Bonchev–Trinajstić information content (AvgIpc) is 3.17. The van der Waals surface area contributed by atoms with Gasteiger partial charge in [-0.2, -0.15) is 0 Å². The first-order chi connectivity index (χ1) is 13.5. The summed E-state index contributed by atoms with van der Waals surface area (Å²) in [6.45, 7) is 2.04. The fourth-order valence-corrected chi connectivity index (χ4v) is 4.77. The topological polar surface area (TPSA) is 95.8 Å². The smallest absolute Gasteiger partial charge is 0.269 e. The van der Waals surface area contributed by atoms with Gasteiger partial charge in [0, 0.05) is 49.9 Å².